The van der Waals surface area contributed by atoms with Crippen molar-refractivity contribution in [3.8, 4) is 0 Å². The summed E-state index contributed by atoms with van der Waals surface area (Å²) in [5.41, 5.74) is -0.941. The highest BCUT2D eigenvalue weighted by molar-refractivity contribution is 6.01. The van der Waals surface area contributed by atoms with Crippen LogP contribution in [0.5, 0.6) is 0 Å². The second-order valence-electron chi connectivity index (χ2n) is 9.96. The van der Waals surface area contributed by atoms with E-state index in [4.69, 9.17) is 4.74 Å². The number of rotatable bonds is 3. The van der Waals surface area contributed by atoms with E-state index >= 15 is 0 Å². The second kappa shape index (κ2) is 6.63. The van der Waals surface area contributed by atoms with E-state index in [0.717, 1.165) is 24.8 Å². The Balaban J connectivity index is 1.75. The number of esters is 1. The zero-order valence-corrected chi connectivity index (χ0v) is 17.9. The van der Waals surface area contributed by atoms with E-state index < -0.39 is 17.1 Å². The summed E-state index contributed by atoms with van der Waals surface area (Å²) >= 11 is 0. The first kappa shape index (κ1) is 20.5. The molecule has 0 aromatic rings. The smallest absolute Gasteiger partial charge is 0.306 e. The lowest BCUT2D eigenvalue weighted by Crippen LogP contribution is -2.62. The zero-order chi connectivity index (χ0) is 21.2. The zero-order valence-electron chi connectivity index (χ0n) is 17.9. The molecule has 3 fully saturated rings. The van der Waals surface area contributed by atoms with Crippen LogP contribution in [0.15, 0.2) is 23.8 Å². The number of hydrogen-bond acceptors (Lipinski definition) is 5. The van der Waals surface area contributed by atoms with Gasteiger partial charge in [0.1, 0.15) is 0 Å². The van der Waals surface area contributed by atoms with Gasteiger partial charge in [-0.25, -0.2) is 0 Å². The number of aliphatic hydroxyl groups excluding tert-OH is 1. The summed E-state index contributed by atoms with van der Waals surface area (Å²) in [6.45, 7) is 7.44. The summed E-state index contributed by atoms with van der Waals surface area (Å²) in [4.78, 5) is 37.0. The Morgan fingerprint density at radius 2 is 2.00 bits per heavy atom. The molecule has 0 heterocycles. The van der Waals surface area contributed by atoms with E-state index in [0.29, 0.717) is 12.8 Å². The van der Waals surface area contributed by atoms with E-state index in [-0.39, 0.29) is 47.1 Å². The fourth-order valence-electron chi connectivity index (χ4n) is 7.40. The highest BCUT2D eigenvalue weighted by Crippen LogP contribution is 2.67. The number of fused-ring (bicyclic) bond motifs is 5. The number of ketones is 2. The molecular weight excluding hydrogens is 368 g/mol. The van der Waals surface area contributed by atoms with Crippen LogP contribution < -0.4 is 0 Å². The van der Waals surface area contributed by atoms with Gasteiger partial charge in [-0.1, -0.05) is 32.4 Å². The van der Waals surface area contributed by atoms with Gasteiger partial charge in [0.15, 0.2) is 17.2 Å². The molecule has 0 bridgehead atoms. The van der Waals surface area contributed by atoms with Gasteiger partial charge in [0.25, 0.3) is 0 Å². The van der Waals surface area contributed by atoms with Gasteiger partial charge >= 0.3 is 5.97 Å². The van der Waals surface area contributed by atoms with E-state index in [1.54, 1.807) is 19.1 Å². The predicted molar refractivity (Wildman–Crippen MR) is 108 cm³/mol. The lowest BCUT2D eigenvalue weighted by molar-refractivity contribution is -0.197. The number of ether oxygens (including phenoxy) is 1. The summed E-state index contributed by atoms with van der Waals surface area (Å²) in [5.74, 6) is -0.00307. The van der Waals surface area contributed by atoms with Crippen molar-refractivity contribution in [2.24, 2.45) is 28.6 Å². The average Bonchev–Trinajstić information content (AvgIpc) is 2.94. The number of allylic oxidation sites excluding steroid dienone is 4. The Hall–Kier alpha value is -1.75. The van der Waals surface area contributed by atoms with Crippen LogP contribution in [-0.2, 0) is 19.1 Å². The summed E-state index contributed by atoms with van der Waals surface area (Å²) < 4.78 is 5.89. The first-order chi connectivity index (χ1) is 13.6. The largest absolute Gasteiger partial charge is 0.450 e. The van der Waals surface area contributed by atoms with Crippen molar-refractivity contribution < 1.29 is 24.2 Å². The Morgan fingerprint density at radius 1 is 1.28 bits per heavy atom. The van der Waals surface area contributed by atoms with E-state index in [1.165, 1.54) is 6.92 Å². The second-order valence-corrected chi connectivity index (χ2v) is 9.96. The van der Waals surface area contributed by atoms with Crippen molar-refractivity contribution >= 4 is 17.5 Å². The van der Waals surface area contributed by atoms with Crippen LogP contribution in [0.4, 0.5) is 0 Å². The van der Waals surface area contributed by atoms with E-state index in [1.807, 2.05) is 13.0 Å². The lowest BCUT2D eigenvalue weighted by atomic mass is 9.46. The molecule has 4 rings (SSSR count). The maximum absolute atomic E-state index is 12.9. The van der Waals surface area contributed by atoms with Crippen LogP contribution in [0.3, 0.4) is 0 Å². The normalized spacial score (nSPS) is 45.7. The van der Waals surface area contributed by atoms with Crippen LogP contribution in [0.1, 0.15) is 66.2 Å². The number of hydrogen-bond donors (Lipinski definition) is 1. The Morgan fingerprint density at radius 3 is 2.66 bits per heavy atom. The van der Waals surface area contributed by atoms with Gasteiger partial charge in [0.05, 0.1) is 6.10 Å². The lowest BCUT2D eigenvalue weighted by Gasteiger charge is -2.59. The van der Waals surface area contributed by atoms with Crippen LogP contribution in [0.2, 0.25) is 0 Å². The topological polar surface area (TPSA) is 80.7 Å². The number of aliphatic hydroxyl groups is 1. The summed E-state index contributed by atoms with van der Waals surface area (Å²) in [6.07, 6.45) is 8.46. The fraction of sp³-hybridized carbons (Fsp3) is 0.708. The standard InChI is InChI=1S/C24H32O5/c1-5-20(28)29-24(14(2)25)11-9-18-17-7-6-15-12-16(26)8-10-22(15,3)21(17)19(27)13-23(18,24)4/h8,10,12,17-19,21,27H,5-7,9,11,13H2,1-4H3. The Kier molecular flexibility index (Phi) is 4.69. The van der Waals surface area contributed by atoms with E-state index in [2.05, 4.69) is 6.92 Å². The van der Waals surface area contributed by atoms with Crippen molar-refractivity contribution in [1.29, 1.82) is 0 Å². The summed E-state index contributed by atoms with van der Waals surface area (Å²) in [5, 5.41) is 11.4. The molecule has 4 aliphatic carbocycles. The quantitative estimate of drug-likeness (QED) is 0.733. The van der Waals surface area contributed by atoms with E-state index in [9.17, 15) is 19.5 Å². The third-order valence-corrected chi connectivity index (χ3v) is 8.76. The minimum absolute atomic E-state index is 0.00885. The van der Waals surface area contributed by atoms with Crippen LogP contribution in [0.25, 0.3) is 0 Å². The van der Waals surface area contributed by atoms with Crippen molar-refractivity contribution in [3.63, 3.8) is 0 Å². The van der Waals surface area contributed by atoms with Crippen molar-refractivity contribution in [1.82, 2.24) is 0 Å². The molecule has 29 heavy (non-hydrogen) atoms. The molecular formula is C24H32O5. The molecule has 0 spiro atoms. The molecule has 7 unspecified atom stereocenters. The van der Waals surface area contributed by atoms with Gasteiger partial charge in [-0.15, -0.1) is 0 Å². The fourth-order valence-corrected chi connectivity index (χ4v) is 7.40. The number of Topliss-reactive ketones (excluding diaryl/α,β-unsaturated/α-hetero) is 1. The minimum Gasteiger partial charge on any atom is -0.450 e. The SMILES string of the molecule is CCC(=O)OC1(C(C)=O)CCC2C3CCC4=CC(=O)C=CC4(C)C3C(O)CC21C. The van der Waals surface area contributed by atoms with Crippen molar-refractivity contribution in [3.05, 3.63) is 23.8 Å². The number of carbonyl (C=O) groups is 3. The Bertz CT molecular complexity index is 825. The Labute approximate surface area is 172 Å². The highest BCUT2D eigenvalue weighted by atomic mass is 16.6. The molecule has 4 aliphatic rings. The highest BCUT2D eigenvalue weighted by Gasteiger charge is 2.69. The first-order valence-corrected chi connectivity index (χ1v) is 10.9. The third kappa shape index (κ3) is 2.66. The molecule has 0 saturated heterocycles. The third-order valence-electron chi connectivity index (χ3n) is 8.76. The summed E-state index contributed by atoms with van der Waals surface area (Å²) in [6, 6.07) is 0. The van der Waals surface area contributed by atoms with Gasteiger partial charge in [-0.05, 0) is 63.0 Å². The monoisotopic (exact) mass is 400 g/mol. The first-order valence-electron chi connectivity index (χ1n) is 10.9. The number of carbonyl (C=O) groups excluding carboxylic acids is 3. The predicted octanol–water partition coefficient (Wildman–Crippen LogP) is 3.55. The molecule has 5 nitrogen and oxygen atoms in total. The molecule has 0 radical (unpaired) electrons. The van der Waals surface area contributed by atoms with Gasteiger partial charge < -0.3 is 9.84 Å². The van der Waals surface area contributed by atoms with Crippen LogP contribution in [-0.4, -0.2) is 34.3 Å². The molecule has 158 valence electrons. The minimum atomic E-state index is -1.15. The van der Waals surface area contributed by atoms with Crippen LogP contribution in [0, 0.1) is 28.6 Å². The molecule has 0 aromatic carbocycles. The molecule has 3 saturated carbocycles. The van der Waals surface area contributed by atoms with Gasteiger partial charge in [0.2, 0.25) is 0 Å². The molecule has 7 atom stereocenters. The molecule has 1 N–H and O–H groups in total. The molecule has 0 aromatic heterocycles. The van der Waals surface area contributed by atoms with Crippen molar-refractivity contribution in [2.75, 3.05) is 0 Å². The molecule has 5 heteroatoms. The molecule has 0 aliphatic heterocycles. The van der Waals surface area contributed by atoms with Gasteiger partial charge in [-0.3, -0.25) is 14.4 Å². The maximum Gasteiger partial charge on any atom is 0.306 e. The maximum atomic E-state index is 12.9. The van der Waals surface area contributed by atoms with Crippen LogP contribution >= 0.6 is 0 Å². The molecule has 0 amide bonds. The van der Waals surface area contributed by atoms with Gasteiger partial charge in [0, 0.05) is 23.2 Å². The van der Waals surface area contributed by atoms with Crippen molar-refractivity contribution in [2.45, 2.75) is 77.9 Å². The summed E-state index contributed by atoms with van der Waals surface area (Å²) in [7, 11) is 0. The average molecular weight is 401 g/mol. The van der Waals surface area contributed by atoms with Gasteiger partial charge in [-0.2, -0.15) is 0 Å².